The molecule has 0 radical (unpaired) electrons. The number of rotatable bonds is 2. The zero-order valence-corrected chi connectivity index (χ0v) is 8.63. The van der Waals surface area contributed by atoms with E-state index in [2.05, 4.69) is 4.98 Å². The third-order valence-electron chi connectivity index (χ3n) is 2.36. The lowest BCUT2D eigenvalue weighted by molar-refractivity contribution is -0.384. The van der Waals surface area contributed by atoms with Crippen LogP contribution in [0.5, 0.6) is 0 Å². The van der Waals surface area contributed by atoms with Gasteiger partial charge in [0.1, 0.15) is 11.6 Å². The number of nitrogens with zero attached hydrogens (tertiary/aromatic N) is 3. The van der Waals surface area contributed by atoms with Crippen LogP contribution in [0.2, 0.25) is 0 Å². The molecule has 1 aliphatic heterocycles. The number of nitrogens with two attached hydrogens (primary N) is 1. The van der Waals surface area contributed by atoms with Crippen LogP contribution in [-0.4, -0.2) is 36.2 Å². The number of anilines is 2. The maximum Gasteiger partial charge on any atom is 0.276 e. The summed E-state index contributed by atoms with van der Waals surface area (Å²) in [5.41, 5.74) is 5.50. The molecular weight excluding hydrogens is 212 g/mol. The smallest absolute Gasteiger partial charge is 0.276 e. The third-order valence-corrected chi connectivity index (χ3v) is 2.36. The Balaban J connectivity index is 2.28. The van der Waals surface area contributed by atoms with E-state index in [-0.39, 0.29) is 11.5 Å². The average Bonchev–Trinajstić information content (AvgIpc) is 2.29. The van der Waals surface area contributed by atoms with E-state index in [1.165, 1.54) is 12.1 Å². The van der Waals surface area contributed by atoms with Crippen LogP contribution in [0.1, 0.15) is 0 Å². The van der Waals surface area contributed by atoms with Gasteiger partial charge in [-0.3, -0.25) is 10.1 Å². The summed E-state index contributed by atoms with van der Waals surface area (Å²) in [5.74, 6) is 0.700. The van der Waals surface area contributed by atoms with Crippen LogP contribution < -0.4 is 10.6 Å². The molecule has 2 N–H and O–H groups in total. The van der Waals surface area contributed by atoms with Crippen molar-refractivity contribution in [3.8, 4) is 0 Å². The van der Waals surface area contributed by atoms with Gasteiger partial charge in [0.15, 0.2) is 0 Å². The van der Waals surface area contributed by atoms with Crippen LogP contribution in [0.25, 0.3) is 0 Å². The predicted octanol–water partition coefficient (Wildman–Crippen LogP) is 0.409. The van der Waals surface area contributed by atoms with Gasteiger partial charge in [-0.2, -0.15) is 0 Å². The highest BCUT2D eigenvalue weighted by Gasteiger charge is 2.16. The zero-order valence-electron chi connectivity index (χ0n) is 8.63. The number of ether oxygens (including phenoxy) is 1. The van der Waals surface area contributed by atoms with Crippen molar-refractivity contribution in [2.45, 2.75) is 0 Å². The molecule has 0 bridgehead atoms. The first-order valence-corrected chi connectivity index (χ1v) is 4.91. The minimum Gasteiger partial charge on any atom is -0.383 e. The number of hydrogen-bond acceptors (Lipinski definition) is 6. The second kappa shape index (κ2) is 4.31. The van der Waals surface area contributed by atoms with E-state index in [4.69, 9.17) is 10.5 Å². The Morgan fingerprint density at radius 2 is 2.12 bits per heavy atom. The van der Waals surface area contributed by atoms with Gasteiger partial charge in [-0.25, -0.2) is 4.98 Å². The van der Waals surface area contributed by atoms with Crippen LogP contribution in [0.4, 0.5) is 17.3 Å². The largest absolute Gasteiger partial charge is 0.383 e. The quantitative estimate of drug-likeness (QED) is 0.577. The van der Waals surface area contributed by atoms with Gasteiger partial charge in [-0.1, -0.05) is 0 Å². The predicted molar refractivity (Wildman–Crippen MR) is 58.3 cm³/mol. The summed E-state index contributed by atoms with van der Waals surface area (Å²) in [6.07, 6.45) is 0. The van der Waals surface area contributed by atoms with Gasteiger partial charge in [-0.05, 0) is 0 Å². The van der Waals surface area contributed by atoms with Gasteiger partial charge in [-0.15, -0.1) is 0 Å². The van der Waals surface area contributed by atoms with E-state index >= 15 is 0 Å². The van der Waals surface area contributed by atoms with Crippen molar-refractivity contribution < 1.29 is 9.66 Å². The van der Waals surface area contributed by atoms with Gasteiger partial charge in [0.25, 0.3) is 5.69 Å². The molecule has 0 atom stereocenters. The molecule has 0 saturated carbocycles. The van der Waals surface area contributed by atoms with Crippen LogP contribution >= 0.6 is 0 Å². The molecule has 16 heavy (non-hydrogen) atoms. The molecule has 86 valence electrons. The molecule has 7 heteroatoms. The molecule has 1 aliphatic rings. The van der Waals surface area contributed by atoms with E-state index in [1.54, 1.807) is 0 Å². The summed E-state index contributed by atoms with van der Waals surface area (Å²) in [6, 6.07) is 2.69. The number of nitro groups is 1. The fourth-order valence-corrected chi connectivity index (χ4v) is 1.58. The average molecular weight is 224 g/mol. The topological polar surface area (TPSA) is 94.5 Å². The Hall–Kier alpha value is -1.89. The van der Waals surface area contributed by atoms with Crippen LogP contribution in [0.3, 0.4) is 0 Å². The number of nitrogen functional groups attached to an aromatic ring is 1. The van der Waals surface area contributed by atoms with Crippen molar-refractivity contribution in [2.75, 3.05) is 36.9 Å². The molecule has 0 amide bonds. The molecule has 7 nitrogen and oxygen atoms in total. The Kier molecular flexibility index (Phi) is 2.86. The summed E-state index contributed by atoms with van der Waals surface area (Å²) in [4.78, 5) is 16.2. The van der Waals surface area contributed by atoms with Gasteiger partial charge < -0.3 is 15.4 Å². The standard InChI is InChI=1S/C9H12N4O3/c10-8-5-7(13(14)15)6-9(11-8)12-1-3-16-4-2-12/h5-6H,1-4H2,(H2,10,11). The van der Waals surface area contributed by atoms with Crippen molar-refractivity contribution in [1.29, 1.82) is 0 Å². The summed E-state index contributed by atoms with van der Waals surface area (Å²) in [5, 5.41) is 10.7. The number of aromatic nitrogens is 1. The first-order chi connectivity index (χ1) is 7.66. The molecule has 1 saturated heterocycles. The first kappa shape index (κ1) is 10.6. The SMILES string of the molecule is Nc1cc([N+](=O)[O-])cc(N2CCOCC2)n1. The maximum absolute atomic E-state index is 10.7. The highest BCUT2D eigenvalue weighted by Crippen LogP contribution is 2.22. The number of hydrogen-bond donors (Lipinski definition) is 1. The second-order valence-electron chi connectivity index (χ2n) is 3.46. The zero-order chi connectivity index (χ0) is 11.5. The third kappa shape index (κ3) is 2.19. The van der Waals surface area contributed by atoms with Crippen molar-refractivity contribution in [1.82, 2.24) is 4.98 Å². The van der Waals surface area contributed by atoms with E-state index in [0.29, 0.717) is 32.1 Å². The van der Waals surface area contributed by atoms with Crippen molar-refractivity contribution in [3.63, 3.8) is 0 Å². The van der Waals surface area contributed by atoms with Crippen molar-refractivity contribution in [3.05, 3.63) is 22.2 Å². The molecule has 1 aromatic rings. The molecule has 0 spiro atoms. The summed E-state index contributed by atoms with van der Waals surface area (Å²) < 4.78 is 5.19. The van der Waals surface area contributed by atoms with Gasteiger partial charge in [0.05, 0.1) is 30.3 Å². The molecule has 1 fully saturated rings. The lowest BCUT2D eigenvalue weighted by Crippen LogP contribution is -2.36. The van der Waals surface area contributed by atoms with E-state index in [1.807, 2.05) is 4.90 Å². The first-order valence-electron chi connectivity index (χ1n) is 4.91. The molecule has 2 heterocycles. The highest BCUT2D eigenvalue weighted by molar-refractivity contribution is 5.54. The van der Waals surface area contributed by atoms with Crippen LogP contribution in [0, 0.1) is 10.1 Å². The fourth-order valence-electron chi connectivity index (χ4n) is 1.58. The lowest BCUT2D eigenvalue weighted by atomic mass is 10.3. The summed E-state index contributed by atoms with van der Waals surface area (Å²) in [7, 11) is 0. The number of pyridine rings is 1. The fraction of sp³-hybridized carbons (Fsp3) is 0.444. The van der Waals surface area contributed by atoms with Gasteiger partial charge in [0, 0.05) is 13.1 Å². The maximum atomic E-state index is 10.7. The van der Waals surface area contributed by atoms with Crippen molar-refractivity contribution in [2.24, 2.45) is 0 Å². The Morgan fingerprint density at radius 3 is 2.75 bits per heavy atom. The molecule has 2 rings (SSSR count). The normalized spacial score (nSPS) is 16.1. The molecule has 0 unspecified atom stereocenters. The molecular formula is C9H12N4O3. The van der Waals surface area contributed by atoms with Gasteiger partial charge >= 0.3 is 0 Å². The molecule has 0 aromatic carbocycles. The van der Waals surface area contributed by atoms with Crippen molar-refractivity contribution >= 4 is 17.3 Å². The van der Waals surface area contributed by atoms with Gasteiger partial charge in [0.2, 0.25) is 0 Å². The second-order valence-corrected chi connectivity index (χ2v) is 3.46. The summed E-state index contributed by atoms with van der Waals surface area (Å²) in [6.45, 7) is 2.55. The van der Waals surface area contributed by atoms with Crippen LogP contribution in [0.15, 0.2) is 12.1 Å². The van der Waals surface area contributed by atoms with E-state index < -0.39 is 4.92 Å². The lowest BCUT2D eigenvalue weighted by Gasteiger charge is -2.27. The highest BCUT2D eigenvalue weighted by atomic mass is 16.6. The monoisotopic (exact) mass is 224 g/mol. The van der Waals surface area contributed by atoms with Crippen LogP contribution in [-0.2, 0) is 4.74 Å². The van der Waals surface area contributed by atoms with E-state index in [0.717, 1.165) is 0 Å². The minimum atomic E-state index is -0.470. The minimum absolute atomic E-state index is 0.0333. The Labute approximate surface area is 92.0 Å². The molecule has 1 aromatic heterocycles. The number of morpholine rings is 1. The molecule has 0 aliphatic carbocycles. The van der Waals surface area contributed by atoms with E-state index in [9.17, 15) is 10.1 Å². The Morgan fingerprint density at radius 1 is 1.44 bits per heavy atom. The Bertz CT molecular complexity index is 404. The summed E-state index contributed by atoms with van der Waals surface area (Å²) >= 11 is 0.